The molecule has 0 aromatic heterocycles. The summed E-state index contributed by atoms with van der Waals surface area (Å²) in [5.41, 5.74) is 3.67. The second-order valence-corrected chi connectivity index (χ2v) is 8.64. The lowest BCUT2D eigenvalue weighted by Gasteiger charge is -2.14. The van der Waals surface area contributed by atoms with Crippen LogP contribution >= 0.6 is 0 Å². The topological polar surface area (TPSA) is 100 Å². The van der Waals surface area contributed by atoms with Crippen LogP contribution in [0.25, 0.3) is 0 Å². The quantitative estimate of drug-likeness (QED) is 0.214. The molecule has 1 atom stereocenters. The van der Waals surface area contributed by atoms with Gasteiger partial charge < -0.3 is 34.8 Å². The molecule has 4 N–H and O–H groups in total. The summed E-state index contributed by atoms with van der Waals surface area (Å²) in [5, 5.41) is 32.5. The van der Waals surface area contributed by atoms with E-state index in [4.69, 9.17) is 9.47 Å². The molecule has 0 heterocycles. The van der Waals surface area contributed by atoms with Crippen LogP contribution in [0.2, 0.25) is 0 Å². The summed E-state index contributed by atoms with van der Waals surface area (Å²) in [6.07, 6.45) is -4.75. The third kappa shape index (κ3) is 10.3. The summed E-state index contributed by atoms with van der Waals surface area (Å²) in [6.45, 7) is 1.84. The monoisotopic (exact) mass is 535 g/mol. The first-order chi connectivity index (χ1) is 18.2. The summed E-state index contributed by atoms with van der Waals surface area (Å²) in [5.74, 6) is -0.285. The Morgan fingerprint density at radius 3 is 2.18 bits per heavy atom. The number of halogens is 3. The molecule has 206 valence electrons. The van der Waals surface area contributed by atoms with Gasteiger partial charge in [-0.3, -0.25) is 0 Å². The third-order valence-corrected chi connectivity index (χ3v) is 5.62. The zero-order valence-corrected chi connectivity index (χ0v) is 20.8. The average Bonchev–Trinajstić information content (AvgIpc) is 2.88. The molecule has 3 aromatic carbocycles. The van der Waals surface area contributed by atoms with E-state index >= 15 is 0 Å². The van der Waals surface area contributed by atoms with Gasteiger partial charge in [0.2, 0.25) is 0 Å². The summed E-state index contributed by atoms with van der Waals surface area (Å²) in [4.78, 5) is 0. The number of nitrogens with one attached hydrogen (secondary N) is 1. The maximum Gasteiger partial charge on any atom is 0.573 e. The standard InChI is InChI=1S/C28H32F3NO6/c29-28(30,31)38-25-6-2-5-22(14-25)19-37-12-11-36-18-21-4-1-3-20(13-21)9-10-32-16-27(35)23-7-8-26(34)24(15-23)17-33/h1-8,13-15,27,32-35H,9-12,16-19H2. The van der Waals surface area contributed by atoms with Crippen LogP contribution in [0.4, 0.5) is 13.2 Å². The highest BCUT2D eigenvalue weighted by molar-refractivity contribution is 5.36. The van der Waals surface area contributed by atoms with Gasteiger partial charge in [-0.2, -0.15) is 0 Å². The maximum absolute atomic E-state index is 12.3. The molecule has 10 heteroatoms. The van der Waals surface area contributed by atoms with Crippen LogP contribution in [0.1, 0.15) is 33.9 Å². The number of hydrogen-bond donors (Lipinski definition) is 4. The molecule has 0 fully saturated rings. The number of aliphatic hydroxyl groups excluding tert-OH is 2. The van der Waals surface area contributed by atoms with Gasteiger partial charge in [0, 0.05) is 12.1 Å². The Morgan fingerprint density at radius 2 is 1.50 bits per heavy atom. The van der Waals surface area contributed by atoms with Gasteiger partial charge in [0.15, 0.2) is 0 Å². The van der Waals surface area contributed by atoms with Crippen molar-refractivity contribution in [2.75, 3.05) is 26.3 Å². The zero-order valence-electron chi connectivity index (χ0n) is 20.8. The van der Waals surface area contributed by atoms with Crippen molar-refractivity contribution in [3.63, 3.8) is 0 Å². The minimum absolute atomic E-state index is 0.00284. The van der Waals surface area contributed by atoms with Crippen molar-refractivity contribution in [3.8, 4) is 11.5 Å². The summed E-state index contributed by atoms with van der Waals surface area (Å²) < 4.78 is 52.0. The predicted octanol–water partition coefficient (Wildman–Crippen LogP) is 4.38. The first-order valence-electron chi connectivity index (χ1n) is 12.1. The highest BCUT2D eigenvalue weighted by Crippen LogP contribution is 2.24. The van der Waals surface area contributed by atoms with E-state index in [1.807, 2.05) is 24.3 Å². The molecule has 38 heavy (non-hydrogen) atoms. The van der Waals surface area contributed by atoms with Crippen molar-refractivity contribution in [1.29, 1.82) is 0 Å². The van der Waals surface area contributed by atoms with E-state index in [9.17, 15) is 28.5 Å². The number of rotatable bonds is 15. The fraction of sp³-hybridized carbons (Fsp3) is 0.357. The normalized spacial score (nSPS) is 12.4. The maximum atomic E-state index is 12.3. The Bertz CT molecular complexity index is 1140. The van der Waals surface area contributed by atoms with Crippen molar-refractivity contribution in [2.24, 2.45) is 0 Å². The number of phenols is 1. The van der Waals surface area contributed by atoms with Crippen LogP contribution in [-0.4, -0.2) is 48.0 Å². The van der Waals surface area contributed by atoms with Crippen molar-refractivity contribution >= 4 is 0 Å². The molecule has 3 aromatic rings. The lowest BCUT2D eigenvalue weighted by Crippen LogP contribution is -2.23. The molecule has 0 saturated heterocycles. The molecular formula is C28H32F3NO6. The van der Waals surface area contributed by atoms with E-state index < -0.39 is 12.5 Å². The molecule has 7 nitrogen and oxygen atoms in total. The van der Waals surface area contributed by atoms with Crippen LogP contribution < -0.4 is 10.1 Å². The Hall–Kier alpha value is -3.15. The minimum Gasteiger partial charge on any atom is -0.508 e. The van der Waals surface area contributed by atoms with Gasteiger partial charge in [-0.05, 0) is 59.5 Å². The molecule has 0 spiro atoms. The smallest absolute Gasteiger partial charge is 0.508 e. The Labute approximate surface area is 219 Å². The van der Waals surface area contributed by atoms with E-state index in [1.165, 1.54) is 24.3 Å². The summed E-state index contributed by atoms with van der Waals surface area (Å²) >= 11 is 0. The number of alkyl halides is 3. The molecule has 0 aliphatic rings. The summed E-state index contributed by atoms with van der Waals surface area (Å²) in [6, 6.07) is 18.3. The molecular weight excluding hydrogens is 503 g/mol. The number of hydrogen-bond acceptors (Lipinski definition) is 7. The Balaban J connectivity index is 1.31. The molecule has 1 unspecified atom stereocenters. The van der Waals surface area contributed by atoms with E-state index in [0.29, 0.717) is 43.0 Å². The molecule has 0 radical (unpaired) electrons. The number of ether oxygens (including phenoxy) is 3. The van der Waals surface area contributed by atoms with Gasteiger partial charge in [-0.25, -0.2) is 0 Å². The second-order valence-electron chi connectivity index (χ2n) is 8.64. The van der Waals surface area contributed by atoms with Gasteiger partial charge in [0.05, 0.1) is 39.1 Å². The SMILES string of the molecule is OCc1cc(C(O)CNCCc2cccc(COCCOCc3cccc(OC(F)(F)F)c3)c2)ccc1O. The van der Waals surface area contributed by atoms with Gasteiger partial charge in [-0.15, -0.1) is 13.2 Å². The largest absolute Gasteiger partial charge is 0.573 e. The van der Waals surface area contributed by atoms with Crippen LogP contribution in [0.15, 0.2) is 66.7 Å². The van der Waals surface area contributed by atoms with Crippen LogP contribution in [0, 0.1) is 0 Å². The first kappa shape index (κ1) is 29.4. The van der Waals surface area contributed by atoms with Gasteiger partial charge in [-0.1, -0.05) is 42.5 Å². The molecule has 3 rings (SSSR count). The van der Waals surface area contributed by atoms with Gasteiger partial charge in [0.25, 0.3) is 0 Å². The van der Waals surface area contributed by atoms with Gasteiger partial charge in [0.1, 0.15) is 11.5 Å². The lowest BCUT2D eigenvalue weighted by molar-refractivity contribution is -0.274. The highest BCUT2D eigenvalue weighted by Gasteiger charge is 2.31. The van der Waals surface area contributed by atoms with Crippen LogP contribution in [-0.2, 0) is 35.7 Å². The van der Waals surface area contributed by atoms with Crippen LogP contribution in [0.3, 0.4) is 0 Å². The fourth-order valence-electron chi connectivity index (χ4n) is 3.73. The number of benzene rings is 3. The van der Waals surface area contributed by atoms with E-state index in [2.05, 4.69) is 10.1 Å². The van der Waals surface area contributed by atoms with E-state index in [1.54, 1.807) is 18.2 Å². The lowest BCUT2D eigenvalue weighted by atomic mass is 10.0. The van der Waals surface area contributed by atoms with Gasteiger partial charge >= 0.3 is 6.36 Å². The third-order valence-electron chi connectivity index (χ3n) is 5.62. The molecule has 0 aliphatic carbocycles. The molecule has 0 saturated carbocycles. The second kappa shape index (κ2) is 14.7. The summed E-state index contributed by atoms with van der Waals surface area (Å²) in [7, 11) is 0. The van der Waals surface area contributed by atoms with E-state index in [0.717, 1.165) is 17.5 Å². The average molecular weight is 536 g/mol. The number of aromatic hydroxyl groups is 1. The van der Waals surface area contributed by atoms with Crippen molar-refractivity contribution in [3.05, 3.63) is 94.5 Å². The minimum atomic E-state index is -4.73. The van der Waals surface area contributed by atoms with Crippen LogP contribution in [0.5, 0.6) is 11.5 Å². The van der Waals surface area contributed by atoms with Crippen molar-refractivity contribution in [1.82, 2.24) is 5.32 Å². The Morgan fingerprint density at radius 1 is 0.842 bits per heavy atom. The highest BCUT2D eigenvalue weighted by atomic mass is 19.4. The molecule has 0 bridgehead atoms. The molecule has 0 aliphatic heterocycles. The van der Waals surface area contributed by atoms with Crippen molar-refractivity contribution in [2.45, 2.75) is 38.7 Å². The number of aliphatic hydroxyl groups is 2. The Kier molecular flexibility index (Phi) is 11.4. The van der Waals surface area contributed by atoms with Crippen molar-refractivity contribution < 1.29 is 42.7 Å². The van der Waals surface area contributed by atoms with E-state index in [-0.39, 0.29) is 31.3 Å². The first-order valence-corrected chi connectivity index (χ1v) is 12.1. The zero-order chi connectivity index (χ0) is 27.4. The molecule has 0 amide bonds. The fourth-order valence-corrected chi connectivity index (χ4v) is 3.73. The predicted molar refractivity (Wildman–Crippen MR) is 134 cm³/mol.